The summed E-state index contributed by atoms with van der Waals surface area (Å²) in [6.07, 6.45) is 5.22. The van der Waals surface area contributed by atoms with Crippen LogP contribution in [0.4, 0.5) is 4.39 Å². The first-order valence-electron chi connectivity index (χ1n) is 5.82. The van der Waals surface area contributed by atoms with Gasteiger partial charge in [-0.2, -0.15) is 0 Å². The molecule has 3 nitrogen and oxygen atoms in total. The highest BCUT2D eigenvalue weighted by Gasteiger charge is 2.12. The van der Waals surface area contributed by atoms with Crippen molar-refractivity contribution in [3.63, 3.8) is 0 Å². The van der Waals surface area contributed by atoms with E-state index in [-0.39, 0.29) is 23.5 Å². The first kappa shape index (κ1) is 13.6. The lowest BCUT2D eigenvalue weighted by Gasteiger charge is -2.17. The van der Waals surface area contributed by atoms with Crippen LogP contribution in [-0.2, 0) is 6.42 Å². The molecular weight excluding hydrogens is 269 g/mol. The largest absolute Gasteiger partial charge is 0.486 e. The molecule has 0 fully saturated rings. The molecule has 5 heteroatoms. The summed E-state index contributed by atoms with van der Waals surface area (Å²) in [6, 6.07) is 7.20. The van der Waals surface area contributed by atoms with Gasteiger partial charge >= 0.3 is 0 Å². The van der Waals surface area contributed by atoms with Gasteiger partial charge in [0.2, 0.25) is 0 Å². The Bertz CT molecular complexity index is 523. The van der Waals surface area contributed by atoms with Gasteiger partial charge in [-0.05, 0) is 29.8 Å². The molecule has 1 N–H and O–H groups in total. The van der Waals surface area contributed by atoms with Crippen LogP contribution in [-0.4, -0.2) is 16.5 Å². The predicted molar refractivity (Wildman–Crippen MR) is 72.6 cm³/mol. The van der Waals surface area contributed by atoms with Crippen molar-refractivity contribution in [1.82, 2.24) is 0 Å². The number of hydrogen-bond acceptors (Lipinski definition) is 3. The van der Waals surface area contributed by atoms with Crippen molar-refractivity contribution >= 4 is 16.8 Å². The molecule has 2 rings (SSSR count). The number of oxime groups is 1. The number of ether oxygens (including phenoxy) is 1. The lowest BCUT2D eigenvalue weighted by atomic mass is 10.1. The number of nitrogens with zero attached hydrogens (tertiary/aromatic N) is 1. The number of hydrogen-bond donors (Lipinski definition) is 1. The third-order valence-electron chi connectivity index (χ3n) is 2.67. The molecule has 19 heavy (non-hydrogen) atoms. The fourth-order valence-corrected chi connectivity index (χ4v) is 1.91. The number of halogens is 2. The maximum Gasteiger partial charge on any atom is 0.149 e. The highest BCUT2D eigenvalue weighted by atomic mass is 35.5. The van der Waals surface area contributed by atoms with E-state index in [1.165, 1.54) is 6.08 Å². The van der Waals surface area contributed by atoms with E-state index in [1.54, 1.807) is 18.2 Å². The maximum absolute atomic E-state index is 13.1. The standard InChI is InChI=1S/C14H13ClFNO2/c15-14(17-18)8-10-4-6-12(7-5-10)19-13-3-1-2-11(16)9-13/h1-7,13,18H,8-9H2/b17-14-. The summed E-state index contributed by atoms with van der Waals surface area (Å²) in [5, 5.41) is 11.5. The van der Waals surface area contributed by atoms with E-state index in [0.717, 1.165) is 5.56 Å². The minimum Gasteiger partial charge on any atom is -0.486 e. The molecule has 1 atom stereocenters. The van der Waals surface area contributed by atoms with Gasteiger partial charge < -0.3 is 9.94 Å². The van der Waals surface area contributed by atoms with E-state index in [4.69, 9.17) is 21.5 Å². The molecule has 1 aromatic rings. The van der Waals surface area contributed by atoms with Crippen molar-refractivity contribution in [1.29, 1.82) is 0 Å². The summed E-state index contributed by atoms with van der Waals surface area (Å²) >= 11 is 5.62. The molecule has 0 saturated carbocycles. The highest BCUT2D eigenvalue weighted by Crippen LogP contribution is 2.21. The topological polar surface area (TPSA) is 41.8 Å². The molecule has 0 heterocycles. The molecule has 0 aromatic heterocycles. The molecule has 0 spiro atoms. The Morgan fingerprint density at radius 3 is 2.79 bits per heavy atom. The van der Waals surface area contributed by atoms with Gasteiger partial charge in [0.15, 0.2) is 0 Å². The molecule has 0 amide bonds. The van der Waals surface area contributed by atoms with Crippen molar-refractivity contribution in [3.05, 3.63) is 53.9 Å². The minimum atomic E-state index is -0.279. The Kier molecular flexibility index (Phi) is 4.58. The molecule has 0 saturated heterocycles. The summed E-state index contributed by atoms with van der Waals surface area (Å²) in [7, 11) is 0. The number of allylic oxidation sites excluding steroid dienone is 2. The van der Waals surface area contributed by atoms with Crippen molar-refractivity contribution < 1.29 is 14.3 Å². The van der Waals surface area contributed by atoms with E-state index in [2.05, 4.69) is 5.16 Å². The van der Waals surface area contributed by atoms with E-state index < -0.39 is 0 Å². The van der Waals surface area contributed by atoms with Crippen LogP contribution in [0.25, 0.3) is 0 Å². The minimum absolute atomic E-state index is 0.121. The van der Waals surface area contributed by atoms with Crippen LogP contribution in [0.1, 0.15) is 12.0 Å². The predicted octanol–water partition coefficient (Wildman–Crippen LogP) is 3.82. The smallest absolute Gasteiger partial charge is 0.149 e. The van der Waals surface area contributed by atoms with Gasteiger partial charge in [0.05, 0.1) is 0 Å². The van der Waals surface area contributed by atoms with Crippen LogP contribution >= 0.6 is 11.6 Å². The second-order valence-electron chi connectivity index (χ2n) is 4.16. The number of benzene rings is 1. The lowest BCUT2D eigenvalue weighted by Crippen LogP contribution is -2.15. The lowest BCUT2D eigenvalue weighted by molar-refractivity contribution is 0.238. The van der Waals surface area contributed by atoms with E-state index in [9.17, 15) is 4.39 Å². The van der Waals surface area contributed by atoms with E-state index >= 15 is 0 Å². The third-order valence-corrected chi connectivity index (χ3v) is 2.88. The maximum atomic E-state index is 13.1. The monoisotopic (exact) mass is 281 g/mol. The van der Waals surface area contributed by atoms with Crippen LogP contribution in [0, 0.1) is 0 Å². The van der Waals surface area contributed by atoms with Crippen LogP contribution < -0.4 is 4.74 Å². The third kappa shape index (κ3) is 4.10. The quantitative estimate of drug-likeness (QED) is 0.518. The molecule has 0 aliphatic heterocycles. The number of rotatable bonds is 4. The molecule has 100 valence electrons. The van der Waals surface area contributed by atoms with Gasteiger partial charge in [-0.1, -0.05) is 35.0 Å². The molecule has 1 aliphatic carbocycles. The second-order valence-corrected chi connectivity index (χ2v) is 4.59. The van der Waals surface area contributed by atoms with Gasteiger partial charge in [-0.3, -0.25) is 0 Å². The zero-order chi connectivity index (χ0) is 13.7. The Morgan fingerprint density at radius 2 is 2.16 bits per heavy atom. The van der Waals surface area contributed by atoms with Crippen LogP contribution in [0.3, 0.4) is 0 Å². The Hall–Kier alpha value is -1.81. The Labute approximate surface area is 115 Å². The molecule has 0 radical (unpaired) electrons. The summed E-state index contributed by atoms with van der Waals surface area (Å²) in [5.41, 5.74) is 0.903. The van der Waals surface area contributed by atoms with Crippen molar-refractivity contribution in [2.75, 3.05) is 0 Å². The molecule has 1 aliphatic rings. The first-order chi connectivity index (χ1) is 9.17. The molecule has 1 aromatic carbocycles. The normalized spacial score (nSPS) is 19.2. The van der Waals surface area contributed by atoms with Gasteiger partial charge in [0.25, 0.3) is 0 Å². The Balaban J connectivity index is 1.96. The summed E-state index contributed by atoms with van der Waals surface area (Å²) in [5.74, 6) is 0.472. The fraction of sp³-hybridized carbons (Fsp3) is 0.214. The van der Waals surface area contributed by atoms with Crippen molar-refractivity contribution in [2.45, 2.75) is 18.9 Å². The van der Waals surface area contributed by atoms with Gasteiger partial charge in [0, 0.05) is 12.8 Å². The van der Waals surface area contributed by atoms with Crippen LogP contribution in [0.15, 0.2) is 53.5 Å². The van der Waals surface area contributed by atoms with Crippen molar-refractivity contribution in [2.24, 2.45) is 5.16 Å². The molecule has 0 bridgehead atoms. The summed E-state index contributed by atoms with van der Waals surface area (Å²) in [6.45, 7) is 0. The summed E-state index contributed by atoms with van der Waals surface area (Å²) < 4.78 is 18.7. The average Bonchev–Trinajstić information content (AvgIpc) is 2.41. The molecular formula is C14H13ClFNO2. The van der Waals surface area contributed by atoms with Crippen molar-refractivity contribution in [3.8, 4) is 5.75 Å². The van der Waals surface area contributed by atoms with E-state index in [1.807, 2.05) is 18.2 Å². The SMILES string of the molecule is O/N=C(\Cl)Cc1ccc(OC2C=CC=C(F)C2)cc1. The zero-order valence-electron chi connectivity index (χ0n) is 10.1. The average molecular weight is 282 g/mol. The van der Waals surface area contributed by atoms with Gasteiger partial charge in [-0.15, -0.1) is 0 Å². The summed E-state index contributed by atoms with van der Waals surface area (Å²) in [4.78, 5) is 0. The Morgan fingerprint density at radius 1 is 1.42 bits per heavy atom. The van der Waals surface area contributed by atoms with Gasteiger partial charge in [0.1, 0.15) is 22.9 Å². The fourth-order valence-electron chi connectivity index (χ4n) is 1.76. The second kappa shape index (κ2) is 6.38. The van der Waals surface area contributed by atoms with Crippen LogP contribution in [0.2, 0.25) is 0 Å². The van der Waals surface area contributed by atoms with E-state index in [0.29, 0.717) is 12.2 Å². The highest BCUT2D eigenvalue weighted by molar-refractivity contribution is 6.65. The zero-order valence-corrected chi connectivity index (χ0v) is 10.8. The van der Waals surface area contributed by atoms with Crippen LogP contribution in [0.5, 0.6) is 5.75 Å². The van der Waals surface area contributed by atoms with Gasteiger partial charge in [-0.25, -0.2) is 4.39 Å². The first-order valence-corrected chi connectivity index (χ1v) is 6.20. The molecule has 1 unspecified atom stereocenters.